The molecule has 0 saturated carbocycles. The Morgan fingerprint density at radius 1 is 1.24 bits per heavy atom. The van der Waals surface area contributed by atoms with Gasteiger partial charge in [-0.2, -0.15) is 5.10 Å². The van der Waals surface area contributed by atoms with E-state index in [9.17, 15) is 9.90 Å². The number of hydrogen-bond donors (Lipinski definition) is 2. The molecule has 0 saturated heterocycles. The second-order valence-electron chi connectivity index (χ2n) is 6.25. The number of ether oxygens (including phenoxy) is 2. The molecule has 0 radical (unpaired) electrons. The van der Waals surface area contributed by atoms with Gasteiger partial charge in [-0.3, -0.25) is 5.43 Å². The average molecular weight is 415 g/mol. The number of anilines is 1. The molecule has 0 bridgehead atoms. The molecule has 0 unspecified atom stereocenters. The second-order valence-corrected chi connectivity index (χ2v) is 6.66. The quantitative estimate of drug-likeness (QED) is 0.389. The van der Waals surface area contributed by atoms with Crippen LogP contribution in [0.15, 0.2) is 41.5 Å². The van der Waals surface area contributed by atoms with E-state index in [4.69, 9.17) is 21.7 Å². The van der Waals surface area contributed by atoms with Crippen LogP contribution in [0.2, 0.25) is 0 Å². The smallest absolute Gasteiger partial charge is 0.191 e. The van der Waals surface area contributed by atoms with Crippen molar-refractivity contribution in [1.29, 1.82) is 0 Å². The summed E-state index contributed by atoms with van der Waals surface area (Å²) in [5.41, 5.74) is 7.54. The molecule has 29 heavy (non-hydrogen) atoms. The largest absolute Gasteiger partial charge is 0.546 e. The number of carbonyl (C=O) groups is 1. The summed E-state index contributed by atoms with van der Waals surface area (Å²) in [5, 5.41) is 18.5. The summed E-state index contributed by atoms with van der Waals surface area (Å²) in [6.07, 6.45) is 0.890. The molecule has 7 nitrogen and oxygen atoms in total. The molecule has 0 aliphatic rings. The first kappa shape index (κ1) is 22.2. The topological polar surface area (TPSA) is 95.0 Å². The molecule has 0 fully saturated rings. The van der Waals surface area contributed by atoms with Crippen LogP contribution in [-0.2, 0) is 11.2 Å². The normalized spacial score (nSPS) is 11.0. The Kier molecular flexibility index (Phi) is 7.97. The molecule has 0 aliphatic heterocycles. The number of benzene rings is 2. The number of hydrogen-bond acceptors (Lipinski definition) is 6. The Morgan fingerprint density at radius 2 is 2.00 bits per heavy atom. The summed E-state index contributed by atoms with van der Waals surface area (Å²) in [6.45, 7) is 5.38. The number of rotatable bonds is 8. The average Bonchev–Trinajstić information content (AvgIpc) is 2.71. The Hall–Kier alpha value is -3.13. The van der Waals surface area contributed by atoms with Crippen molar-refractivity contribution in [2.45, 2.75) is 27.2 Å². The predicted molar refractivity (Wildman–Crippen MR) is 116 cm³/mol. The molecule has 0 atom stereocenters. The number of carbonyl (C=O) groups excluding carboxylic acids is 1. The molecule has 0 spiro atoms. The van der Waals surface area contributed by atoms with Crippen LogP contribution in [0, 0.1) is 6.92 Å². The summed E-state index contributed by atoms with van der Waals surface area (Å²) in [5.74, 6) is -0.601. The van der Waals surface area contributed by atoms with Crippen molar-refractivity contribution >= 4 is 34.7 Å². The number of methoxy groups -OCH3 is 1. The van der Waals surface area contributed by atoms with Gasteiger partial charge in [-0.25, -0.2) is 0 Å². The molecule has 0 aromatic heterocycles. The van der Waals surface area contributed by atoms with E-state index in [1.165, 1.54) is 12.7 Å². The van der Waals surface area contributed by atoms with Gasteiger partial charge in [0.25, 0.3) is 0 Å². The first-order chi connectivity index (χ1) is 13.8. The fraction of sp³-hybridized carbons (Fsp3) is 0.286. The standard InChI is InChI=1S/C21H25N3O4S/c1-5-15-8-6-7-13(2)20(15)22-21(29)24-23-14(3)16-9-10-17(18(11-16)27-4)28-12-19(25)26/h6-11H,5,12H2,1-4H3,(H,25,26)(H2,22,24,29)/p-1/b23-14-. The lowest BCUT2D eigenvalue weighted by Gasteiger charge is -2.15. The zero-order valence-corrected chi connectivity index (χ0v) is 17.7. The van der Waals surface area contributed by atoms with Crippen molar-refractivity contribution in [1.82, 2.24) is 5.43 Å². The third kappa shape index (κ3) is 6.18. The van der Waals surface area contributed by atoms with Gasteiger partial charge in [0.1, 0.15) is 6.61 Å². The van der Waals surface area contributed by atoms with Crippen LogP contribution in [0.1, 0.15) is 30.5 Å². The minimum absolute atomic E-state index is 0.310. The first-order valence-corrected chi connectivity index (χ1v) is 9.47. The number of carboxylic acid groups (broad SMARTS) is 1. The summed E-state index contributed by atoms with van der Waals surface area (Å²) >= 11 is 5.36. The van der Waals surface area contributed by atoms with Gasteiger partial charge < -0.3 is 24.7 Å². The lowest BCUT2D eigenvalue weighted by molar-refractivity contribution is -0.307. The van der Waals surface area contributed by atoms with Gasteiger partial charge in [0.2, 0.25) is 0 Å². The zero-order chi connectivity index (χ0) is 21.4. The van der Waals surface area contributed by atoms with Crippen molar-refractivity contribution in [3.8, 4) is 11.5 Å². The molecule has 8 heteroatoms. The fourth-order valence-corrected chi connectivity index (χ4v) is 2.84. The van der Waals surface area contributed by atoms with E-state index >= 15 is 0 Å². The molecule has 2 rings (SSSR count). The van der Waals surface area contributed by atoms with Gasteiger partial charge >= 0.3 is 0 Å². The van der Waals surface area contributed by atoms with Gasteiger partial charge in [-0.15, -0.1) is 0 Å². The van der Waals surface area contributed by atoms with Crippen molar-refractivity contribution < 1.29 is 19.4 Å². The molecule has 2 N–H and O–H groups in total. The summed E-state index contributed by atoms with van der Waals surface area (Å²) in [6, 6.07) is 11.2. The number of carboxylic acids is 1. The minimum atomic E-state index is -1.31. The van der Waals surface area contributed by atoms with E-state index in [1.54, 1.807) is 18.2 Å². The number of nitrogens with zero attached hydrogens (tertiary/aromatic N) is 1. The Balaban J connectivity index is 2.09. The zero-order valence-electron chi connectivity index (χ0n) is 16.9. The number of thiocarbonyl (C=S) groups is 1. The van der Waals surface area contributed by atoms with E-state index < -0.39 is 12.6 Å². The highest BCUT2D eigenvalue weighted by atomic mass is 32.1. The van der Waals surface area contributed by atoms with E-state index in [2.05, 4.69) is 28.8 Å². The third-order valence-corrected chi connectivity index (χ3v) is 4.42. The van der Waals surface area contributed by atoms with Gasteiger partial charge in [0.15, 0.2) is 16.6 Å². The van der Waals surface area contributed by atoms with E-state index in [1.807, 2.05) is 26.0 Å². The first-order valence-electron chi connectivity index (χ1n) is 9.06. The highest BCUT2D eigenvalue weighted by Gasteiger charge is 2.09. The van der Waals surface area contributed by atoms with Crippen LogP contribution in [0.4, 0.5) is 5.69 Å². The Labute approximate surface area is 175 Å². The van der Waals surface area contributed by atoms with Gasteiger partial charge in [0.05, 0.1) is 18.8 Å². The fourth-order valence-electron chi connectivity index (χ4n) is 2.69. The van der Waals surface area contributed by atoms with Crippen molar-refractivity contribution in [3.05, 3.63) is 53.1 Å². The van der Waals surface area contributed by atoms with Crippen LogP contribution >= 0.6 is 12.2 Å². The number of hydrazone groups is 1. The molecule has 0 amide bonds. The summed E-state index contributed by atoms with van der Waals surface area (Å²) in [7, 11) is 1.47. The summed E-state index contributed by atoms with van der Waals surface area (Å²) < 4.78 is 10.4. The maximum Gasteiger partial charge on any atom is 0.191 e. The van der Waals surface area contributed by atoms with Crippen LogP contribution in [0.3, 0.4) is 0 Å². The molecule has 2 aromatic carbocycles. The van der Waals surface area contributed by atoms with Crippen LogP contribution in [-0.4, -0.2) is 30.5 Å². The number of nitrogens with one attached hydrogen (secondary N) is 2. The maximum atomic E-state index is 10.6. The van der Waals surface area contributed by atoms with Crippen LogP contribution in [0.5, 0.6) is 11.5 Å². The van der Waals surface area contributed by atoms with Crippen LogP contribution in [0.25, 0.3) is 0 Å². The van der Waals surface area contributed by atoms with E-state index in [0.29, 0.717) is 22.3 Å². The maximum absolute atomic E-state index is 10.6. The van der Waals surface area contributed by atoms with Gasteiger partial charge in [-0.1, -0.05) is 25.1 Å². The Morgan fingerprint density at radius 3 is 2.66 bits per heavy atom. The van der Waals surface area contributed by atoms with Crippen molar-refractivity contribution in [2.24, 2.45) is 5.10 Å². The monoisotopic (exact) mass is 414 g/mol. The molecule has 0 aliphatic carbocycles. The van der Waals surface area contributed by atoms with Gasteiger partial charge in [0, 0.05) is 11.3 Å². The molecule has 0 heterocycles. The van der Waals surface area contributed by atoms with E-state index in [-0.39, 0.29) is 0 Å². The predicted octanol–water partition coefficient (Wildman–Crippen LogP) is 2.41. The lowest BCUT2D eigenvalue weighted by Crippen LogP contribution is -2.29. The SMILES string of the molecule is CCc1cccc(C)c1NC(=S)N/N=C(/C)c1ccc(OCC(=O)[O-])c(OC)c1. The van der Waals surface area contributed by atoms with Crippen molar-refractivity contribution in [2.75, 3.05) is 19.0 Å². The second kappa shape index (κ2) is 10.4. The lowest BCUT2D eigenvalue weighted by atomic mass is 10.1. The number of aliphatic carboxylic acids is 1. The number of aryl methyl sites for hydroxylation is 2. The highest BCUT2D eigenvalue weighted by molar-refractivity contribution is 7.80. The summed E-state index contributed by atoms with van der Waals surface area (Å²) in [4.78, 5) is 10.6. The number of para-hydroxylation sites is 1. The molecular formula is C21H24N3O4S-. The molecule has 2 aromatic rings. The van der Waals surface area contributed by atoms with Crippen LogP contribution < -0.4 is 25.3 Å². The van der Waals surface area contributed by atoms with E-state index in [0.717, 1.165) is 23.2 Å². The van der Waals surface area contributed by atoms with Crippen molar-refractivity contribution in [3.63, 3.8) is 0 Å². The van der Waals surface area contributed by atoms with Gasteiger partial charge in [-0.05, 0) is 61.8 Å². The molecule has 154 valence electrons. The minimum Gasteiger partial charge on any atom is -0.546 e. The Bertz CT molecular complexity index is 928. The highest BCUT2D eigenvalue weighted by Crippen LogP contribution is 2.28. The molecular weight excluding hydrogens is 390 g/mol. The third-order valence-electron chi connectivity index (χ3n) is 4.23.